The third kappa shape index (κ3) is 3.94. The van der Waals surface area contributed by atoms with E-state index >= 15 is 0 Å². The molecule has 1 amide bonds. The Morgan fingerprint density at radius 3 is 2.37 bits per heavy atom. The van der Waals surface area contributed by atoms with Gasteiger partial charge in [0.05, 0.1) is 21.7 Å². The minimum atomic E-state index is -3.90. The number of benzene rings is 3. The summed E-state index contributed by atoms with van der Waals surface area (Å²) in [5.41, 5.74) is 3.56. The molecule has 4 aromatic rings. The molecule has 0 aliphatic carbocycles. The number of para-hydroxylation sites is 1. The van der Waals surface area contributed by atoms with Crippen LogP contribution in [0.5, 0.6) is 0 Å². The smallest absolute Gasteiger partial charge is 0.256 e. The van der Waals surface area contributed by atoms with Gasteiger partial charge in [0.2, 0.25) is 10.0 Å². The van der Waals surface area contributed by atoms with Crippen LogP contribution in [-0.4, -0.2) is 19.3 Å². The summed E-state index contributed by atoms with van der Waals surface area (Å²) in [5.74, 6) is -0.366. The van der Waals surface area contributed by atoms with Gasteiger partial charge in [0, 0.05) is 16.6 Å². The Hall–Kier alpha value is -3.55. The Morgan fingerprint density at radius 2 is 1.63 bits per heavy atom. The lowest BCUT2D eigenvalue weighted by atomic mass is 10.0. The summed E-state index contributed by atoms with van der Waals surface area (Å²) in [6.07, 6.45) is 0. The van der Waals surface area contributed by atoms with Crippen LogP contribution in [0.4, 0.5) is 5.69 Å². The molecule has 3 N–H and O–H groups in total. The summed E-state index contributed by atoms with van der Waals surface area (Å²) < 4.78 is 23.6. The highest BCUT2D eigenvalue weighted by Gasteiger charge is 2.16. The van der Waals surface area contributed by atoms with E-state index in [1.807, 2.05) is 54.6 Å². The van der Waals surface area contributed by atoms with Gasteiger partial charge in [-0.25, -0.2) is 18.5 Å². The summed E-state index contributed by atoms with van der Waals surface area (Å²) >= 11 is 0. The second-order valence-corrected chi connectivity index (χ2v) is 8.45. The van der Waals surface area contributed by atoms with Crippen LogP contribution in [-0.2, 0) is 10.0 Å². The summed E-state index contributed by atoms with van der Waals surface area (Å²) in [7, 11) is -3.90. The predicted molar refractivity (Wildman–Crippen MR) is 118 cm³/mol. The van der Waals surface area contributed by atoms with Crippen molar-refractivity contribution in [3.05, 3.63) is 90.0 Å². The molecule has 30 heavy (non-hydrogen) atoms. The maximum atomic E-state index is 13.1. The van der Waals surface area contributed by atoms with Crippen LogP contribution in [0.15, 0.2) is 83.8 Å². The highest BCUT2D eigenvalue weighted by Crippen LogP contribution is 2.26. The Kier molecular flexibility index (Phi) is 5.07. The largest absolute Gasteiger partial charge is 0.322 e. The van der Waals surface area contributed by atoms with E-state index in [-0.39, 0.29) is 10.8 Å². The Morgan fingerprint density at radius 1 is 0.933 bits per heavy atom. The fraction of sp³-hybridized carbons (Fsp3) is 0.0435. The van der Waals surface area contributed by atoms with E-state index in [1.54, 1.807) is 25.1 Å². The number of hydrogen-bond donors (Lipinski definition) is 2. The Balaban J connectivity index is 1.79. The maximum absolute atomic E-state index is 13.1. The molecule has 0 fully saturated rings. The molecule has 0 saturated carbocycles. The molecule has 0 unspecified atom stereocenters. The van der Waals surface area contributed by atoms with Gasteiger partial charge in [0.25, 0.3) is 5.91 Å². The first kappa shape index (κ1) is 19.8. The van der Waals surface area contributed by atoms with Crippen LogP contribution in [0, 0.1) is 6.92 Å². The van der Waals surface area contributed by atoms with Crippen LogP contribution in [0.3, 0.4) is 0 Å². The number of aryl methyl sites for hydroxylation is 1. The first-order chi connectivity index (χ1) is 14.3. The molecule has 3 aromatic carbocycles. The highest BCUT2D eigenvalue weighted by atomic mass is 32.2. The number of amides is 1. The van der Waals surface area contributed by atoms with Gasteiger partial charge in [-0.3, -0.25) is 4.79 Å². The summed E-state index contributed by atoms with van der Waals surface area (Å²) in [6.45, 7) is 1.65. The van der Waals surface area contributed by atoms with Gasteiger partial charge in [-0.2, -0.15) is 0 Å². The molecule has 0 bridgehead atoms. The van der Waals surface area contributed by atoms with Crippen molar-refractivity contribution in [3.8, 4) is 11.3 Å². The Bertz CT molecular complexity index is 1370. The van der Waals surface area contributed by atoms with Crippen LogP contribution in [0.25, 0.3) is 22.2 Å². The molecule has 1 heterocycles. The number of anilines is 1. The van der Waals surface area contributed by atoms with Crippen molar-refractivity contribution in [2.45, 2.75) is 11.8 Å². The van der Waals surface area contributed by atoms with Gasteiger partial charge < -0.3 is 5.32 Å². The third-order valence-electron chi connectivity index (χ3n) is 4.78. The van der Waals surface area contributed by atoms with Crippen LogP contribution < -0.4 is 10.5 Å². The molecule has 0 aliphatic heterocycles. The SMILES string of the molecule is Cc1ccc(NC(=O)c2cc(-c3ccccc3)nc3ccccc23)cc1S(N)(=O)=O. The molecule has 1 aromatic heterocycles. The van der Waals surface area contributed by atoms with E-state index in [0.29, 0.717) is 33.4 Å². The van der Waals surface area contributed by atoms with Gasteiger partial charge in [0.1, 0.15) is 0 Å². The number of nitrogens with one attached hydrogen (secondary N) is 1. The van der Waals surface area contributed by atoms with Crippen molar-refractivity contribution in [2.24, 2.45) is 5.14 Å². The van der Waals surface area contributed by atoms with Crippen LogP contribution >= 0.6 is 0 Å². The molecule has 150 valence electrons. The summed E-state index contributed by atoms with van der Waals surface area (Å²) in [5, 5.41) is 8.76. The topological polar surface area (TPSA) is 102 Å². The molecular formula is C23H19N3O3S. The number of sulfonamides is 1. The van der Waals surface area contributed by atoms with E-state index in [9.17, 15) is 13.2 Å². The number of fused-ring (bicyclic) bond motifs is 1. The van der Waals surface area contributed by atoms with E-state index in [4.69, 9.17) is 5.14 Å². The van der Waals surface area contributed by atoms with Gasteiger partial charge in [0.15, 0.2) is 0 Å². The van der Waals surface area contributed by atoms with E-state index in [1.165, 1.54) is 6.07 Å². The fourth-order valence-corrected chi connectivity index (χ4v) is 4.11. The van der Waals surface area contributed by atoms with E-state index in [0.717, 1.165) is 5.56 Å². The lowest BCUT2D eigenvalue weighted by Gasteiger charge is -2.12. The van der Waals surface area contributed by atoms with Crippen molar-refractivity contribution in [3.63, 3.8) is 0 Å². The molecule has 0 aliphatic rings. The van der Waals surface area contributed by atoms with Gasteiger partial charge >= 0.3 is 0 Å². The molecule has 7 heteroatoms. The molecule has 4 rings (SSSR count). The number of aromatic nitrogens is 1. The monoisotopic (exact) mass is 417 g/mol. The average Bonchev–Trinajstić information content (AvgIpc) is 2.74. The van der Waals surface area contributed by atoms with Crippen LogP contribution in [0.2, 0.25) is 0 Å². The quantitative estimate of drug-likeness (QED) is 0.522. The van der Waals surface area contributed by atoms with Crippen molar-refractivity contribution < 1.29 is 13.2 Å². The van der Waals surface area contributed by atoms with Crippen molar-refractivity contribution in [1.82, 2.24) is 4.98 Å². The van der Waals surface area contributed by atoms with Crippen molar-refractivity contribution in [2.75, 3.05) is 5.32 Å². The second-order valence-electron chi connectivity index (χ2n) is 6.92. The number of carbonyl (C=O) groups excluding carboxylic acids is 1. The number of pyridine rings is 1. The number of carbonyl (C=O) groups is 1. The summed E-state index contributed by atoms with van der Waals surface area (Å²) in [6, 6.07) is 23.3. The summed E-state index contributed by atoms with van der Waals surface area (Å²) in [4.78, 5) is 17.8. The van der Waals surface area contributed by atoms with Gasteiger partial charge in [-0.15, -0.1) is 0 Å². The number of hydrogen-bond acceptors (Lipinski definition) is 4. The number of nitrogens with two attached hydrogens (primary N) is 1. The molecule has 0 atom stereocenters. The maximum Gasteiger partial charge on any atom is 0.256 e. The minimum Gasteiger partial charge on any atom is -0.322 e. The first-order valence-electron chi connectivity index (χ1n) is 9.23. The zero-order chi connectivity index (χ0) is 21.3. The van der Waals surface area contributed by atoms with Crippen molar-refractivity contribution in [1.29, 1.82) is 0 Å². The zero-order valence-electron chi connectivity index (χ0n) is 16.2. The average molecular weight is 417 g/mol. The predicted octanol–water partition coefficient (Wildman–Crippen LogP) is 4.11. The third-order valence-corrected chi connectivity index (χ3v) is 5.84. The number of nitrogens with zero attached hydrogens (tertiary/aromatic N) is 1. The normalized spacial score (nSPS) is 11.4. The lowest BCUT2D eigenvalue weighted by Crippen LogP contribution is -2.16. The molecule has 6 nitrogen and oxygen atoms in total. The minimum absolute atomic E-state index is 0.0233. The fourth-order valence-electron chi connectivity index (χ4n) is 3.30. The van der Waals surface area contributed by atoms with E-state index in [2.05, 4.69) is 10.3 Å². The molecular weight excluding hydrogens is 398 g/mol. The standard InChI is InChI=1S/C23H19N3O3S/c1-15-11-12-17(13-22(15)30(24,28)29)25-23(27)19-14-21(16-7-3-2-4-8-16)26-20-10-6-5-9-18(19)20/h2-14H,1H3,(H,25,27)(H2,24,28,29). The lowest BCUT2D eigenvalue weighted by molar-refractivity contribution is 0.102. The molecule has 0 radical (unpaired) electrons. The number of primary sulfonamides is 1. The Labute approximate surface area is 174 Å². The van der Waals surface area contributed by atoms with E-state index < -0.39 is 10.0 Å². The molecule has 0 saturated heterocycles. The van der Waals surface area contributed by atoms with Crippen molar-refractivity contribution >= 4 is 32.5 Å². The second kappa shape index (κ2) is 7.70. The number of rotatable bonds is 4. The first-order valence-corrected chi connectivity index (χ1v) is 10.8. The molecule has 0 spiro atoms. The van der Waals surface area contributed by atoms with Gasteiger partial charge in [-0.05, 0) is 36.8 Å². The highest BCUT2D eigenvalue weighted by molar-refractivity contribution is 7.89. The van der Waals surface area contributed by atoms with Crippen LogP contribution in [0.1, 0.15) is 15.9 Å². The zero-order valence-corrected chi connectivity index (χ0v) is 17.0. The van der Waals surface area contributed by atoms with Gasteiger partial charge in [-0.1, -0.05) is 54.6 Å².